The molecule has 0 aliphatic carbocycles. The molecular formula is C9H17ClF3NO. The molecule has 0 rings (SSSR count). The zero-order valence-electron chi connectivity index (χ0n) is 8.98. The van der Waals surface area contributed by atoms with E-state index in [1.54, 1.807) is 0 Å². The lowest BCUT2D eigenvalue weighted by Gasteiger charge is -2.17. The first-order chi connectivity index (χ1) is 6.81. The molecule has 2 nitrogen and oxygen atoms in total. The summed E-state index contributed by atoms with van der Waals surface area (Å²) in [7, 11) is 1.88. The Hall–Kier alpha value is -0.0000000000000000555. The Morgan fingerprint density at radius 2 is 2.00 bits per heavy atom. The molecule has 0 bridgehead atoms. The summed E-state index contributed by atoms with van der Waals surface area (Å²) in [6, 6.07) is 0. The molecule has 0 saturated heterocycles. The summed E-state index contributed by atoms with van der Waals surface area (Å²) >= 11 is 5.75. The Bertz CT molecular complexity index is 164. The second-order valence-corrected chi connectivity index (χ2v) is 4.31. The van der Waals surface area contributed by atoms with E-state index in [0.29, 0.717) is 13.0 Å². The van der Waals surface area contributed by atoms with Gasteiger partial charge in [-0.2, -0.15) is 13.2 Å². The smallest absolute Gasteiger partial charge is 0.372 e. The molecule has 0 aromatic rings. The van der Waals surface area contributed by atoms with E-state index in [1.807, 2.05) is 18.9 Å². The van der Waals surface area contributed by atoms with Crippen LogP contribution in [0.15, 0.2) is 0 Å². The van der Waals surface area contributed by atoms with Crippen LogP contribution in [0.25, 0.3) is 0 Å². The van der Waals surface area contributed by atoms with Crippen LogP contribution < -0.4 is 0 Å². The molecule has 0 fully saturated rings. The number of hydrogen-bond acceptors (Lipinski definition) is 2. The Balaban J connectivity index is 3.31. The summed E-state index contributed by atoms with van der Waals surface area (Å²) < 4.78 is 39.5. The SMILES string of the molecule is CC(Cl)CN(C)CCCOCC(F)(F)F. The van der Waals surface area contributed by atoms with Crippen LogP contribution in [-0.4, -0.2) is 49.8 Å². The van der Waals surface area contributed by atoms with Crippen molar-refractivity contribution in [3.8, 4) is 0 Å². The van der Waals surface area contributed by atoms with Gasteiger partial charge in [0.2, 0.25) is 0 Å². The lowest BCUT2D eigenvalue weighted by Crippen LogP contribution is -2.27. The van der Waals surface area contributed by atoms with Gasteiger partial charge >= 0.3 is 6.18 Å². The average Bonchev–Trinajstić information content (AvgIpc) is 1.99. The highest BCUT2D eigenvalue weighted by atomic mass is 35.5. The molecule has 15 heavy (non-hydrogen) atoms. The molecule has 6 heteroatoms. The summed E-state index contributed by atoms with van der Waals surface area (Å²) in [4.78, 5) is 1.97. The summed E-state index contributed by atoms with van der Waals surface area (Å²) in [5, 5.41) is 0.0473. The first kappa shape index (κ1) is 15.0. The van der Waals surface area contributed by atoms with Crippen molar-refractivity contribution in [2.75, 3.05) is 33.4 Å². The summed E-state index contributed by atoms with van der Waals surface area (Å²) in [6.07, 6.45) is -3.65. The van der Waals surface area contributed by atoms with Gasteiger partial charge in [0.1, 0.15) is 6.61 Å². The molecule has 0 aromatic heterocycles. The molecular weight excluding hydrogens is 231 g/mol. The van der Waals surface area contributed by atoms with Crippen molar-refractivity contribution in [3.63, 3.8) is 0 Å². The van der Waals surface area contributed by atoms with Crippen molar-refractivity contribution in [1.82, 2.24) is 4.90 Å². The fourth-order valence-corrected chi connectivity index (χ4v) is 1.38. The van der Waals surface area contributed by atoms with E-state index in [0.717, 1.165) is 6.54 Å². The number of ether oxygens (including phenoxy) is 1. The second kappa shape index (κ2) is 7.30. The molecule has 0 aliphatic heterocycles. The van der Waals surface area contributed by atoms with Gasteiger partial charge in [0.15, 0.2) is 0 Å². The van der Waals surface area contributed by atoms with Crippen molar-refractivity contribution < 1.29 is 17.9 Å². The van der Waals surface area contributed by atoms with Gasteiger partial charge in [-0.1, -0.05) is 0 Å². The first-order valence-electron chi connectivity index (χ1n) is 4.78. The van der Waals surface area contributed by atoms with E-state index >= 15 is 0 Å². The van der Waals surface area contributed by atoms with Gasteiger partial charge in [-0.25, -0.2) is 0 Å². The van der Waals surface area contributed by atoms with Crippen LogP contribution in [0.5, 0.6) is 0 Å². The maximum Gasteiger partial charge on any atom is 0.411 e. The van der Waals surface area contributed by atoms with Crippen molar-refractivity contribution in [1.29, 1.82) is 0 Å². The molecule has 1 unspecified atom stereocenters. The Labute approximate surface area is 93.3 Å². The minimum atomic E-state index is -4.23. The van der Waals surface area contributed by atoms with Gasteiger partial charge in [0.25, 0.3) is 0 Å². The van der Waals surface area contributed by atoms with Gasteiger partial charge in [-0.05, 0) is 20.4 Å². The molecule has 0 amide bonds. The van der Waals surface area contributed by atoms with Crippen molar-refractivity contribution in [2.24, 2.45) is 0 Å². The quantitative estimate of drug-likeness (QED) is 0.506. The molecule has 0 heterocycles. The largest absolute Gasteiger partial charge is 0.411 e. The first-order valence-corrected chi connectivity index (χ1v) is 5.22. The van der Waals surface area contributed by atoms with Gasteiger partial charge < -0.3 is 9.64 Å². The third kappa shape index (κ3) is 11.9. The highest BCUT2D eigenvalue weighted by Gasteiger charge is 2.27. The number of hydrogen-bond donors (Lipinski definition) is 0. The molecule has 92 valence electrons. The number of halogens is 4. The number of rotatable bonds is 7. The van der Waals surface area contributed by atoms with Gasteiger partial charge in [-0.15, -0.1) is 11.6 Å². The van der Waals surface area contributed by atoms with E-state index in [1.165, 1.54) is 0 Å². The molecule has 0 N–H and O–H groups in total. The highest BCUT2D eigenvalue weighted by Crippen LogP contribution is 2.14. The van der Waals surface area contributed by atoms with Crippen LogP contribution in [0.1, 0.15) is 13.3 Å². The second-order valence-electron chi connectivity index (χ2n) is 3.56. The van der Waals surface area contributed by atoms with Crippen LogP contribution >= 0.6 is 11.6 Å². The third-order valence-corrected chi connectivity index (χ3v) is 1.80. The standard InChI is InChI=1S/C9H17ClF3NO/c1-8(10)6-14(2)4-3-5-15-7-9(11,12)13/h8H,3-7H2,1-2H3. The molecule has 0 saturated carbocycles. The normalized spacial score (nSPS) is 14.6. The minimum absolute atomic E-state index is 0.0473. The maximum atomic E-state index is 11.7. The minimum Gasteiger partial charge on any atom is -0.372 e. The zero-order chi connectivity index (χ0) is 11.9. The molecule has 0 spiro atoms. The predicted octanol–water partition coefficient (Wildman–Crippen LogP) is 2.51. The van der Waals surface area contributed by atoms with Crippen molar-refractivity contribution in [2.45, 2.75) is 24.9 Å². The van der Waals surface area contributed by atoms with E-state index in [-0.39, 0.29) is 12.0 Å². The monoisotopic (exact) mass is 247 g/mol. The van der Waals surface area contributed by atoms with Crippen molar-refractivity contribution in [3.05, 3.63) is 0 Å². The fraction of sp³-hybridized carbons (Fsp3) is 1.00. The Morgan fingerprint density at radius 3 is 2.47 bits per heavy atom. The Kier molecular flexibility index (Phi) is 7.30. The molecule has 0 aliphatic rings. The maximum absolute atomic E-state index is 11.7. The predicted molar refractivity (Wildman–Crippen MR) is 54.3 cm³/mol. The van der Waals surface area contributed by atoms with Crippen LogP contribution in [0, 0.1) is 0 Å². The summed E-state index contributed by atoms with van der Waals surface area (Å²) in [5.74, 6) is 0. The van der Waals surface area contributed by atoms with E-state index in [9.17, 15) is 13.2 Å². The van der Waals surface area contributed by atoms with Crippen LogP contribution in [0.3, 0.4) is 0 Å². The van der Waals surface area contributed by atoms with Gasteiger partial charge in [0, 0.05) is 25.1 Å². The molecule has 0 radical (unpaired) electrons. The van der Waals surface area contributed by atoms with E-state index in [4.69, 9.17) is 11.6 Å². The van der Waals surface area contributed by atoms with E-state index < -0.39 is 12.8 Å². The van der Waals surface area contributed by atoms with Gasteiger partial charge in [-0.3, -0.25) is 0 Å². The zero-order valence-corrected chi connectivity index (χ0v) is 9.74. The van der Waals surface area contributed by atoms with Crippen LogP contribution in [0.2, 0.25) is 0 Å². The van der Waals surface area contributed by atoms with Crippen LogP contribution in [0.4, 0.5) is 13.2 Å². The summed E-state index contributed by atoms with van der Waals surface area (Å²) in [6.45, 7) is 2.25. The fourth-order valence-electron chi connectivity index (χ4n) is 1.15. The average molecular weight is 248 g/mol. The topological polar surface area (TPSA) is 12.5 Å². The third-order valence-electron chi connectivity index (χ3n) is 1.66. The lowest BCUT2D eigenvalue weighted by molar-refractivity contribution is -0.174. The number of alkyl halides is 4. The highest BCUT2D eigenvalue weighted by molar-refractivity contribution is 6.20. The van der Waals surface area contributed by atoms with Crippen LogP contribution in [-0.2, 0) is 4.74 Å². The van der Waals surface area contributed by atoms with Gasteiger partial charge in [0.05, 0.1) is 0 Å². The number of nitrogens with zero attached hydrogens (tertiary/aromatic N) is 1. The molecule has 0 aromatic carbocycles. The van der Waals surface area contributed by atoms with Crippen molar-refractivity contribution >= 4 is 11.6 Å². The lowest BCUT2D eigenvalue weighted by atomic mass is 10.4. The molecule has 1 atom stereocenters. The van der Waals surface area contributed by atoms with E-state index in [2.05, 4.69) is 4.74 Å². The Morgan fingerprint density at radius 1 is 1.40 bits per heavy atom. The summed E-state index contributed by atoms with van der Waals surface area (Å²) in [5.41, 5.74) is 0.